The molecule has 0 aromatic carbocycles. The molecule has 0 unspecified atom stereocenters. The molecule has 0 aromatic heterocycles. The van der Waals surface area contributed by atoms with E-state index in [0.29, 0.717) is 19.3 Å². The molecule has 1 saturated carbocycles. The lowest BCUT2D eigenvalue weighted by molar-refractivity contribution is -0.155. The zero-order valence-electron chi connectivity index (χ0n) is 5.32. The van der Waals surface area contributed by atoms with Crippen LogP contribution >= 0.6 is 0 Å². The number of hydrogen-bond acceptors (Lipinski definition) is 3. The number of ether oxygens (including phenoxy) is 1. The maximum atomic E-state index is 10.2. The van der Waals surface area contributed by atoms with Crippen LogP contribution in [0, 0.1) is 5.92 Å². The monoisotopic (exact) mass is 144 g/mol. The average Bonchev–Trinajstić information content (AvgIpc) is 1.76. The second-order valence-corrected chi connectivity index (χ2v) is 2.36. The van der Waals surface area contributed by atoms with Gasteiger partial charge in [0.05, 0.1) is 5.92 Å². The van der Waals surface area contributed by atoms with Crippen molar-refractivity contribution in [3.05, 3.63) is 0 Å². The molecule has 0 amide bonds. The normalized spacial score (nSPS) is 30.4. The van der Waals surface area contributed by atoms with Crippen molar-refractivity contribution in [3.8, 4) is 0 Å². The van der Waals surface area contributed by atoms with Crippen LogP contribution in [0.2, 0.25) is 0 Å². The van der Waals surface area contributed by atoms with Gasteiger partial charge in [0.25, 0.3) is 6.47 Å². The number of aliphatic carboxylic acids is 1. The number of hydrogen-bond donors (Lipinski definition) is 1. The summed E-state index contributed by atoms with van der Waals surface area (Å²) in [5.74, 6) is -1.10. The highest BCUT2D eigenvalue weighted by Gasteiger charge is 2.35. The molecule has 0 aliphatic heterocycles. The third-order valence-corrected chi connectivity index (χ3v) is 1.69. The Morgan fingerprint density at radius 3 is 2.60 bits per heavy atom. The molecule has 1 aliphatic rings. The molecule has 0 saturated heterocycles. The topological polar surface area (TPSA) is 63.6 Å². The smallest absolute Gasteiger partial charge is 0.306 e. The molecular weight excluding hydrogens is 136 g/mol. The largest absolute Gasteiger partial charge is 0.481 e. The van der Waals surface area contributed by atoms with Crippen LogP contribution in [0.4, 0.5) is 0 Å². The van der Waals surface area contributed by atoms with Gasteiger partial charge in [-0.15, -0.1) is 0 Å². The summed E-state index contributed by atoms with van der Waals surface area (Å²) >= 11 is 0. The number of carbonyl (C=O) groups is 2. The van der Waals surface area contributed by atoms with Crippen LogP contribution in [0.15, 0.2) is 0 Å². The van der Waals surface area contributed by atoms with Gasteiger partial charge in [-0.05, 0) is 12.8 Å². The molecule has 0 atom stereocenters. The average molecular weight is 144 g/mol. The first-order valence-corrected chi connectivity index (χ1v) is 3.06. The van der Waals surface area contributed by atoms with Crippen LogP contribution in [0.3, 0.4) is 0 Å². The van der Waals surface area contributed by atoms with E-state index in [2.05, 4.69) is 4.74 Å². The minimum absolute atomic E-state index is 0.154. The highest BCUT2D eigenvalue weighted by molar-refractivity contribution is 5.71. The fourth-order valence-corrected chi connectivity index (χ4v) is 0.957. The van der Waals surface area contributed by atoms with Crippen molar-refractivity contribution >= 4 is 12.4 Å². The summed E-state index contributed by atoms with van der Waals surface area (Å²) in [5, 5.41) is 8.38. The molecule has 1 aliphatic carbocycles. The Kier molecular flexibility index (Phi) is 1.89. The maximum Gasteiger partial charge on any atom is 0.306 e. The lowest BCUT2D eigenvalue weighted by atomic mass is 9.82. The Balaban J connectivity index is 2.17. The molecule has 1 fully saturated rings. The van der Waals surface area contributed by atoms with Gasteiger partial charge < -0.3 is 9.84 Å². The Hall–Kier alpha value is -1.06. The van der Waals surface area contributed by atoms with Crippen molar-refractivity contribution in [3.63, 3.8) is 0 Å². The lowest BCUT2D eigenvalue weighted by Gasteiger charge is -2.29. The van der Waals surface area contributed by atoms with Crippen LogP contribution in [-0.2, 0) is 14.3 Å². The summed E-state index contributed by atoms with van der Waals surface area (Å²) < 4.78 is 4.51. The Morgan fingerprint density at radius 2 is 2.20 bits per heavy atom. The molecule has 0 heterocycles. The third-order valence-electron chi connectivity index (χ3n) is 1.69. The first kappa shape index (κ1) is 7.05. The van der Waals surface area contributed by atoms with Crippen LogP contribution in [0.25, 0.3) is 0 Å². The van der Waals surface area contributed by atoms with Gasteiger partial charge in [-0.1, -0.05) is 0 Å². The predicted octanol–water partition coefficient (Wildman–Crippen LogP) is 0.0226. The van der Waals surface area contributed by atoms with E-state index in [4.69, 9.17) is 5.11 Å². The molecule has 10 heavy (non-hydrogen) atoms. The Morgan fingerprint density at radius 1 is 1.60 bits per heavy atom. The van der Waals surface area contributed by atoms with Crippen molar-refractivity contribution in [2.75, 3.05) is 0 Å². The van der Waals surface area contributed by atoms with Crippen LogP contribution < -0.4 is 0 Å². The number of carbonyl (C=O) groups excluding carboxylic acids is 1. The van der Waals surface area contributed by atoms with Crippen molar-refractivity contribution in [2.24, 2.45) is 5.92 Å². The van der Waals surface area contributed by atoms with Gasteiger partial charge in [0.15, 0.2) is 0 Å². The Bertz CT molecular complexity index is 148. The first-order chi connectivity index (χ1) is 4.74. The molecule has 0 bridgehead atoms. The minimum atomic E-state index is -0.800. The summed E-state index contributed by atoms with van der Waals surface area (Å²) in [6, 6.07) is 0. The van der Waals surface area contributed by atoms with E-state index in [1.54, 1.807) is 0 Å². The van der Waals surface area contributed by atoms with E-state index in [9.17, 15) is 9.59 Å². The quantitative estimate of drug-likeness (QED) is 0.567. The third kappa shape index (κ3) is 1.26. The highest BCUT2D eigenvalue weighted by atomic mass is 16.5. The van der Waals surface area contributed by atoms with Gasteiger partial charge in [-0.2, -0.15) is 0 Å². The van der Waals surface area contributed by atoms with E-state index < -0.39 is 5.97 Å². The van der Waals surface area contributed by atoms with Gasteiger partial charge in [0.2, 0.25) is 0 Å². The molecule has 4 nitrogen and oxygen atoms in total. The lowest BCUT2D eigenvalue weighted by Crippen LogP contribution is -2.35. The van der Waals surface area contributed by atoms with Gasteiger partial charge in [-0.25, -0.2) is 0 Å². The van der Waals surface area contributed by atoms with Crippen molar-refractivity contribution < 1.29 is 19.4 Å². The van der Waals surface area contributed by atoms with E-state index in [-0.39, 0.29) is 12.0 Å². The van der Waals surface area contributed by atoms with Crippen molar-refractivity contribution in [1.82, 2.24) is 0 Å². The van der Waals surface area contributed by atoms with Gasteiger partial charge in [0.1, 0.15) is 6.10 Å². The minimum Gasteiger partial charge on any atom is -0.481 e. The highest BCUT2D eigenvalue weighted by Crippen LogP contribution is 2.29. The Labute approximate surface area is 57.8 Å². The summed E-state index contributed by atoms with van der Waals surface area (Å²) in [4.78, 5) is 19.9. The second-order valence-electron chi connectivity index (χ2n) is 2.36. The van der Waals surface area contributed by atoms with Crippen LogP contribution in [0.5, 0.6) is 0 Å². The zero-order valence-corrected chi connectivity index (χ0v) is 5.32. The summed E-state index contributed by atoms with van der Waals surface area (Å²) in [7, 11) is 0. The van der Waals surface area contributed by atoms with E-state index in [1.165, 1.54) is 0 Å². The molecule has 56 valence electrons. The van der Waals surface area contributed by atoms with Crippen molar-refractivity contribution in [1.29, 1.82) is 0 Å². The molecule has 0 spiro atoms. The standard InChI is InChI=1S/C6H8O4/c7-3-10-5-1-4(2-5)6(8)9/h3-5H,1-2H2,(H,8,9). The second kappa shape index (κ2) is 2.68. The van der Waals surface area contributed by atoms with E-state index >= 15 is 0 Å². The molecular formula is C6H8O4. The fraction of sp³-hybridized carbons (Fsp3) is 0.667. The van der Waals surface area contributed by atoms with Crippen molar-refractivity contribution in [2.45, 2.75) is 18.9 Å². The van der Waals surface area contributed by atoms with Crippen LogP contribution in [-0.4, -0.2) is 23.7 Å². The van der Waals surface area contributed by atoms with Crippen LogP contribution in [0.1, 0.15) is 12.8 Å². The van der Waals surface area contributed by atoms with Gasteiger partial charge >= 0.3 is 5.97 Å². The number of carboxylic acids is 1. The fourth-order valence-electron chi connectivity index (χ4n) is 0.957. The van der Waals surface area contributed by atoms with E-state index in [1.807, 2.05) is 0 Å². The number of rotatable bonds is 3. The summed E-state index contributed by atoms with van der Waals surface area (Å²) in [5.41, 5.74) is 0. The molecule has 0 aromatic rings. The van der Waals surface area contributed by atoms with Gasteiger partial charge in [0, 0.05) is 0 Å². The SMILES string of the molecule is O=COC1CC(C(=O)O)C1. The molecule has 1 rings (SSSR count). The molecule has 4 heteroatoms. The first-order valence-electron chi connectivity index (χ1n) is 3.06. The summed E-state index contributed by atoms with van der Waals surface area (Å²) in [6.45, 7) is 0.364. The number of carboxylic acid groups (broad SMARTS) is 1. The molecule has 1 N–H and O–H groups in total. The maximum absolute atomic E-state index is 10.2. The zero-order chi connectivity index (χ0) is 7.56. The predicted molar refractivity (Wildman–Crippen MR) is 31.3 cm³/mol. The van der Waals surface area contributed by atoms with Gasteiger partial charge in [-0.3, -0.25) is 9.59 Å². The summed E-state index contributed by atoms with van der Waals surface area (Å²) in [6.07, 6.45) is 0.779. The molecule has 0 radical (unpaired) electrons. The van der Waals surface area contributed by atoms with E-state index in [0.717, 1.165) is 0 Å².